The normalized spacial score (nSPS) is 21.4. The number of hydrogen-bond donors (Lipinski definition) is 0. The number of aryl methyl sites for hydroxylation is 2. The highest BCUT2D eigenvalue weighted by Gasteiger charge is 2.29. The Labute approximate surface area is 171 Å². The van der Waals surface area contributed by atoms with E-state index in [0.717, 1.165) is 42.0 Å². The van der Waals surface area contributed by atoms with Gasteiger partial charge >= 0.3 is 0 Å². The Kier molecular flexibility index (Phi) is 5.83. The highest BCUT2D eigenvalue weighted by Crippen LogP contribution is 2.38. The maximum absolute atomic E-state index is 13.2. The minimum atomic E-state index is -3.45. The molecule has 1 aliphatic heterocycles. The van der Waals surface area contributed by atoms with Gasteiger partial charge in [0.2, 0.25) is 10.0 Å². The summed E-state index contributed by atoms with van der Waals surface area (Å²) < 4.78 is 28.1. The van der Waals surface area contributed by atoms with Gasteiger partial charge in [-0.3, -0.25) is 0 Å². The van der Waals surface area contributed by atoms with Gasteiger partial charge in [0, 0.05) is 29.1 Å². The maximum atomic E-state index is 13.2. The van der Waals surface area contributed by atoms with Gasteiger partial charge in [-0.1, -0.05) is 35.9 Å². The second-order valence-corrected chi connectivity index (χ2v) is 10.9. The predicted octanol–water partition coefficient (Wildman–Crippen LogP) is 5.09. The first-order valence-electron chi connectivity index (χ1n) is 9.54. The van der Waals surface area contributed by atoms with E-state index in [2.05, 4.69) is 0 Å². The molecule has 0 N–H and O–H groups in total. The van der Waals surface area contributed by atoms with E-state index >= 15 is 0 Å². The lowest BCUT2D eigenvalue weighted by Gasteiger charge is -2.22. The Morgan fingerprint density at radius 2 is 1.78 bits per heavy atom. The fraction of sp³-hybridized carbons (Fsp3) is 0.429. The van der Waals surface area contributed by atoms with Crippen molar-refractivity contribution in [1.29, 1.82) is 0 Å². The first-order valence-corrected chi connectivity index (χ1v) is 12.4. The number of thioether (sulfide) groups is 1. The largest absolute Gasteiger partial charge is 0.243 e. The van der Waals surface area contributed by atoms with E-state index in [1.54, 1.807) is 22.1 Å². The summed E-state index contributed by atoms with van der Waals surface area (Å²) in [5.74, 6) is 0.778. The zero-order chi connectivity index (χ0) is 18.9. The van der Waals surface area contributed by atoms with Crippen molar-refractivity contribution in [2.24, 2.45) is 0 Å². The molecule has 3 nitrogen and oxygen atoms in total. The lowest BCUT2D eigenvalue weighted by molar-refractivity contribution is 0.428. The fourth-order valence-electron chi connectivity index (χ4n) is 3.99. The molecule has 144 valence electrons. The molecule has 0 aromatic heterocycles. The standard InChI is InChI=1S/C21H24ClNO2S2/c22-20-8-4-3-7-19(20)21-11-12-23(13-14-26-21)27(24,25)18-10-9-16-5-1-2-6-17(16)15-18/h3-4,7-10,15,21H,1-2,5-6,11-14H2. The van der Waals surface area contributed by atoms with Crippen LogP contribution < -0.4 is 0 Å². The zero-order valence-electron chi connectivity index (χ0n) is 15.2. The second-order valence-electron chi connectivity index (χ2n) is 7.21. The first kappa shape index (κ1) is 19.3. The summed E-state index contributed by atoms with van der Waals surface area (Å²) in [4.78, 5) is 0.448. The third-order valence-corrected chi connectivity index (χ3v) is 9.06. The van der Waals surface area contributed by atoms with Gasteiger partial charge in [0.05, 0.1) is 4.90 Å². The van der Waals surface area contributed by atoms with Crippen molar-refractivity contribution < 1.29 is 8.42 Å². The SMILES string of the molecule is O=S(=O)(c1ccc2c(c1)CCCC2)N1CCSC(c2ccccc2Cl)CC1. The summed E-state index contributed by atoms with van der Waals surface area (Å²) >= 11 is 8.15. The highest BCUT2D eigenvalue weighted by atomic mass is 35.5. The molecule has 6 heteroatoms. The Morgan fingerprint density at radius 1 is 1.00 bits per heavy atom. The summed E-state index contributed by atoms with van der Waals surface area (Å²) in [6.07, 6.45) is 5.18. The molecule has 1 heterocycles. The summed E-state index contributed by atoms with van der Waals surface area (Å²) in [7, 11) is -3.45. The van der Waals surface area contributed by atoms with Crippen LogP contribution in [0.15, 0.2) is 47.4 Å². The Morgan fingerprint density at radius 3 is 2.59 bits per heavy atom. The van der Waals surface area contributed by atoms with Crippen molar-refractivity contribution in [3.05, 3.63) is 64.2 Å². The van der Waals surface area contributed by atoms with Gasteiger partial charge in [-0.2, -0.15) is 16.1 Å². The van der Waals surface area contributed by atoms with Crippen molar-refractivity contribution in [3.63, 3.8) is 0 Å². The number of nitrogens with zero attached hydrogens (tertiary/aromatic N) is 1. The van der Waals surface area contributed by atoms with Crippen LogP contribution in [0.5, 0.6) is 0 Å². The molecule has 1 unspecified atom stereocenters. The van der Waals surface area contributed by atoms with Gasteiger partial charge in [0.25, 0.3) is 0 Å². The zero-order valence-corrected chi connectivity index (χ0v) is 17.6. The Hall–Kier alpha value is -1.01. The van der Waals surface area contributed by atoms with E-state index < -0.39 is 10.0 Å². The summed E-state index contributed by atoms with van der Waals surface area (Å²) in [6, 6.07) is 13.6. The number of fused-ring (bicyclic) bond motifs is 1. The molecule has 0 amide bonds. The van der Waals surface area contributed by atoms with Gasteiger partial charge < -0.3 is 0 Å². The topological polar surface area (TPSA) is 37.4 Å². The van der Waals surface area contributed by atoms with Crippen molar-refractivity contribution >= 4 is 33.4 Å². The average Bonchev–Trinajstić information content (AvgIpc) is 2.94. The second kappa shape index (κ2) is 8.16. The molecule has 1 atom stereocenters. The number of sulfonamides is 1. The monoisotopic (exact) mass is 421 g/mol. The van der Waals surface area contributed by atoms with Crippen molar-refractivity contribution in [1.82, 2.24) is 4.31 Å². The van der Waals surface area contributed by atoms with E-state index in [1.807, 2.05) is 36.4 Å². The van der Waals surface area contributed by atoms with Gasteiger partial charge in [-0.15, -0.1) is 0 Å². The van der Waals surface area contributed by atoms with Crippen LogP contribution >= 0.6 is 23.4 Å². The third-order valence-electron chi connectivity index (χ3n) is 5.51. The highest BCUT2D eigenvalue weighted by molar-refractivity contribution is 7.99. The van der Waals surface area contributed by atoms with Crippen molar-refractivity contribution in [2.45, 2.75) is 42.2 Å². The molecule has 1 aliphatic carbocycles. The van der Waals surface area contributed by atoms with Crippen LogP contribution in [0.3, 0.4) is 0 Å². The minimum Gasteiger partial charge on any atom is -0.207 e. The van der Waals surface area contributed by atoms with Crippen LogP contribution in [-0.2, 0) is 22.9 Å². The summed E-state index contributed by atoms with van der Waals surface area (Å²) in [5.41, 5.74) is 3.63. The van der Waals surface area contributed by atoms with Gasteiger partial charge in [0.15, 0.2) is 0 Å². The summed E-state index contributed by atoms with van der Waals surface area (Å²) in [5, 5.41) is 1.00. The quantitative estimate of drug-likeness (QED) is 0.692. The van der Waals surface area contributed by atoms with E-state index in [1.165, 1.54) is 17.5 Å². The molecule has 4 rings (SSSR count). The molecule has 0 saturated carbocycles. The van der Waals surface area contributed by atoms with Crippen LogP contribution in [0, 0.1) is 0 Å². The van der Waals surface area contributed by atoms with Crippen LogP contribution in [0.4, 0.5) is 0 Å². The van der Waals surface area contributed by atoms with Gasteiger partial charge in [-0.05, 0) is 67.0 Å². The minimum absolute atomic E-state index is 0.238. The molecule has 1 fully saturated rings. The lowest BCUT2D eigenvalue weighted by atomic mass is 9.92. The predicted molar refractivity (Wildman–Crippen MR) is 113 cm³/mol. The average molecular weight is 422 g/mol. The molecule has 2 aliphatic rings. The molecule has 0 spiro atoms. The van der Waals surface area contributed by atoms with Crippen LogP contribution in [0.1, 0.15) is 41.2 Å². The molecule has 1 saturated heterocycles. The molecule has 2 aromatic carbocycles. The van der Waals surface area contributed by atoms with Crippen LogP contribution in [-0.4, -0.2) is 31.6 Å². The van der Waals surface area contributed by atoms with Crippen molar-refractivity contribution in [2.75, 3.05) is 18.8 Å². The molecule has 2 aromatic rings. The smallest absolute Gasteiger partial charge is 0.207 e. The van der Waals surface area contributed by atoms with Crippen LogP contribution in [0.25, 0.3) is 0 Å². The number of rotatable bonds is 3. The lowest BCUT2D eigenvalue weighted by Crippen LogP contribution is -2.33. The number of hydrogen-bond acceptors (Lipinski definition) is 3. The maximum Gasteiger partial charge on any atom is 0.243 e. The van der Waals surface area contributed by atoms with E-state index in [0.29, 0.717) is 18.0 Å². The fourth-order valence-corrected chi connectivity index (χ4v) is 7.22. The van der Waals surface area contributed by atoms with E-state index in [9.17, 15) is 8.42 Å². The Balaban J connectivity index is 1.54. The number of benzene rings is 2. The summed E-state index contributed by atoms with van der Waals surface area (Å²) in [6.45, 7) is 1.08. The first-order chi connectivity index (χ1) is 13.1. The van der Waals surface area contributed by atoms with E-state index in [4.69, 9.17) is 11.6 Å². The van der Waals surface area contributed by atoms with Gasteiger partial charge in [-0.25, -0.2) is 8.42 Å². The molecule has 0 radical (unpaired) electrons. The van der Waals surface area contributed by atoms with Crippen LogP contribution in [0.2, 0.25) is 5.02 Å². The van der Waals surface area contributed by atoms with Gasteiger partial charge in [0.1, 0.15) is 0 Å². The molecule has 0 bridgehead atoms. The molecular formula is C21H24ClNO2S2. The van der Waals surface area contributed by atoms with E-state index in [-0.39, 0.29) is 5.25 Å². The number of halogens is 1. The molecule has 27 heavy (non-hydrogen) atoms. The molecular weight excluding hydrogens is 398 g/mol. The third kappa shape index (κ3) is 4.07. The Bertz CT molecular complexity index is 930. The van der Waals surface area contributed by atoms with Crippen molar-refractivity contribution in [3.8, 4) is 0 Å².